The summed E-state index contributed by atoms with van der Waals surface area (Å²) in [5.41, 5.74) is 0.497. The van der Waals surface area contributed by atoms with E-state index in [0.29, 0.717) is 21.4 Å². The smallest absolute Gasteiger partial charge is 0.228 e. The Morgan fingerprint density at radius 3 is 2.61 bits per heavy atom. The van der Waals surface area contributed by atoms with Crippen LogP contribution in [0.15, 0.2) is 24.5 Å². The highest BCUT2D eigenvalue weighted by atomic mass is 35.5. The largest absolute Gasteiger partial charge is 0.437 e. The Morgan fingerprint density at radius 2 is 1.89 bits per heavy atom. The van der Waals surface area contributed by atoms with Gasteiger partial charge in [-0.1, -0.05) is 34.8 Å². The average molecular weight is 324 g/mol. The molecule has 0 spiro atoms. The molecule has 18 heavy (non-hydrogen) atoms. The molecule has 1 aromatic carbocycles. The molecule has 2 rings (SSSR count). The predicted octanol–water partition coefficient (Wildman–Crippen LogP) is 4.97. The van der Waals surface area contributed by atoms with E-state index in [2.05, 4.69) is 9.97 Å². The molecule has 1 heterocycles. The lowest BCUT2D eigenvalue weighted by molar-refractivity contribution is 0.457. The molecule has 0 aliphatic rings. The van der Waals surface area contributed by atoms with Gasteiger partial charge in [0.25, 0.3) is 0 Å². The lowest BCUT2D eigenvalue weighted by Crippen LogP contribution is -1.96. The van der Waals surface area contributed by atoms with Crippen molar-refractivity contribution in [2.75, 3.05) is 0 Å². The highest BCUT2D eigenvalue weighted by Gasteiger charge is 2.13. The monoisotopic (exact) mass is 322 g/mol. The van der Waals surface area contributed by atoms with Crippen molar-refractivity contribution in [3.05, 3.63) is 45.3 Å². The van der Waals surface area contributed by atoms with E-state index in [0.717, 1.165) is 0 Å². The van der Waals surface area contributed by atoms with Gasteiger partial charge in [-0.05, 0) is 12.1 Å². The first kappa shape index (κ1) is 13.7. The Labute approximate surface area is 124 Å². The zero-order chi connectivity index (χ0) is 13.1. The van der Waals surface area contributed by atoms with Crippen LogP contribution in [0, 0.1) is 0 Å². The highest BCUT2D eigenvalue weighted by Crippen LogP contribution is 2.34. The van der Waals surface area contributed by atoms with Crippen molar-refractivity contribution in [1.29, 1.82) is 0 Å². The maximum absolute atomic E-state index is 5.99. The van der Waals surface area contributed by atoms with E-state index in [-0.39, 0.29) is 16.9 Å². The van der Waals surface area contributed by atoms with Gasteiger partial charge in [-0.2, -0.15) is 0 Å². The fourth-order valence-corrected chi connectivity index (χ4v) is 2.05. The summed E-state index contributed by atoms with van der Waals surface area (Å²) in [6, 6.07) is 4.87. The Bertz CT molecular complexity index is 577. The first-order chi connectivity index (χ1) is 8.61. The minimum Gasteiger partial charge on any atom is -0.437 e. The van der Waals surface area contributed by atoms with Gasteiger partial charge in [-0.15, -0.1) is 11.6 Å². The molecule has 94 valence electrons. The molecule has 0 radical (unpaired) electrons. The van der Waals surface area contributed by atoms with Crippen LogP contribution in [0.25, 0.3) is 0 Å². The van der Waals surface area contributed by atoms with Crippen LogP contribution in [0.1, 0.15) is 5.56 Å². The molecule has 0 N–H and O–H groups in total. The molecule has 0 atom stereocenters. The summed E-state index contributed by atoms with van der Waals surface area (Å²) in [5, 5.41) is 1.16. The highest BCUT2D eigenvalue weighted by molar-refractivity contribution is 6.34. The molecular weight excluding hydrogens is 318 g/mol. The third-order valence-electron chi connectivity index (χ3n) is 2.09. The van der Waals surface area contributed by atoms with E-state index in [4.69, 9.17) is 51.1 Å². The number of alkyl halides is 1. The van der Waals surface area contributed by atoms with Crippen molar-refractivity contribution < 1.29 is 4.74 Å². The fourth-order valence-electron chi connectivity index (χ4n) is 1.24. The van der Waals surface area contributed by atoms with Gasteiger partial charge in [0, 0.05) is 11.1 Å². The first-order valence-corrected chi connectivity index (χ1v) is 6.47. The zero-order valence-corrected chi connectivity index (χ0v) is 11.9. The third kappa shape index (κ3) is 2.98. The molecule has 0 aliphatic heterocycles. The number of nitrogens with zero attached hydrogens (tertiary/aromatic N) is 2. The normalized spacial score (nSPS) is 10.4. The number of rotatable bonds is 3. The van der Waals surface area contributed by atoms with E-state index < -0.39 is 0 Å². The Balaban J connectivity index is 2.40. The van der Waals surface area contributed by atoms with Gasteiger partial charge in [-0.3, -0.25) is 0 Å². The third-order valence-corrected chi connectivity index (χ3v) is 3.23. The maximum atomic E-state index is 5.99. The summed E-state index contributed by atoms with van der Waals surface area (Å²) in [6.45, 7) is 0. The van der Waals surface area contributed by atoms with E-state index in [9.17, 15) is 0 Å². The van der Waals surface area contributed by atoms with Gasteiger partial charge in [0.15, 0.2) is 0 Å². The van der Waals surface area contributed by atoms with Gasteiger partial charge >= 0.3 is 0 Å². The molecule has 0 saturated carbocycles. The molecule has 0 aliphatic carbocycles. The Hall–Kier alpha value is -0.740. The molecule has 2 aromatic rings. The van der Waals surface area contributed by atoms with E-state index in [1.165, 1.54) is 6.33 Å². The van der Waals surface area contributed by atoms with Gasteiger partial charge < -0.3 is 4.74 Å². The standard InChI is InChI=1S/C11H6Cl4N2O/c12-4-7-10(15)16-5-17-11(7)18-9-3-6(13)1-2-8(9)14/h1-3,5H,4H2. The zero-order valence-electron chi connectivity index (χ0n) is 8.83. The van der Waals surface area contributed by atoms with Crippen LogP contribution >= 0.6 is 46.4 Å². The van der Waals surface area contributed by atoms with Crippen molar-refractivity contribution in [3.63, 3.8) is 0 Å². The van der Waals surface area contributed by atoms with Crippen LogP contribution in [0.4, 0.5) is 0 Å². The summed E-state index contributed by atoms with van der Waals surface area (Å²) < 4.78 is 5.56. The summed E-state index contributed by atoms with van der Waals surface area (Å²) in [5.74, 6) is 0.771. The molecule has 0 unspecified atom stereocenters. The average Bonchev–Trinajstić information content (AvgIpc) is 2.34. The minimum atomic E-state index is 0.132. The topological polar surface area (TPSA) is 35.0 Å². The number of halogens is 4. The molecule has 0 bridgehead atoms. The molecule has 7 heteroatoms. The van der Waals surface area contributed by atoms with Crippen LogP contribution in [-0.4, -0.2) is 9.97 Å². The number of benzene rings is 1. The molecule has 0 amide bonds. The van der Waals surface area contributed by atoms with Crippen molar-refractivity contribution >= 4 is 46.4 Å². The quantitative estimate of drug-likeness (QED) is 0.591. The second-order valence-electron chi connectivity index (χ2n) is 3.26. The first-order valence-electron chi connectivity index (χ1n) is 4.80. The molecule has 0 saturated heterocycles. The number of hydrogen-bond acceptors (Lipinski definition) is 3. The van der Waals surface area contributed by atoms with Crippen molar-refractivity contribution in [1.82, 2.24) is 9.97 Å². The number of aromatic nitrogens is 2. The Morgan fingerprint density at radius 1 is 1.11 bits per heavy atom. The lowest BCUT2D eigenvalue weighted by atomic mass is 10.3. The van der Waals surface area contributed by atoms with Gasteiger partial charge in [-0.25, -0.2) is 9.97 Å². The lowest BCUT2D eigenvalue weighted by Gasteiger charge is -2.10. The maximum Gasteiger partial charge on any atom is 0.228 e. The molecule has 1 aromatic heterocycles. The summed E-state index contributed by atoms with van der Waals surface area (Å²) >= 11 is 23.5. The molecular formula is C11H6Cl4N2O. The number of hydrogen-bond donors (Lipinski definition) is 0. The van der Waals surface area contributed by atoms with Crippen LogP contribution in [0.2, 0.25) is 15.2 Å². The summed E-state index contributed by atoms with van der Waals surface area (Å²) in [6.07, 6.45) is 1.28. The molecule has 0 fully saturated rings. The van der Waals surface area contributed by atoms with Crippen molar-refractivity contribution in [2.24, 2.45) is 0 Å². The van der Waals surface area contributed by atoms with Gasteiger partial charge in [0.1, 0.15) is 17.2 Å². The fraction of sp³-hybridized carbons (Fsp3) is 0.0909. The van der Waals surface area contributed by atoms with Crippen LogP contribution in [-0.2, 0) is 5.88 Å². The van der Waals surface area contributed by atoms with E-state index in [1.807, 2.05) is 0 Å². The second kappa shape index (κ2) is 5.93. The Kier molecular flexibility index (Phi) is 4.51. The minimum absolute atomic E-state index is 0.132. The van der Waals surface area contributed by atoms with Gasteiger partial charge in [0.05, 0.1) is 16.5 Å². The van der Waals surface area contributed by atoms with Crippen LogP contribution in [0.3, 0.4) is 0 Å². The van der Waals surface area contributed by atoms with Crippen molar-refractivity contribution in [3.8, 4) is 11.6 Å². The van der Waals surface area contributed by atoms with Crippen LogP contribution < -0.4 is 4.74 Å². The van der Waals surface area contributed by atoms with Crippen LogP contribution in [0.5, 0.6) is 11.6 Å². The van der Waals surface area contributed by atoms with Gasteiger partial charge in [0.2, 0.25) is 5.88 Å². The summed E-state index contributed by atoms with van der Waals surface area (Å²) in [7, 11) is 0. The van der Waals surface area contributed by atoms with E-state index >= 15 is 0 Å². The molecule has 3 nitrogen and oxygen atoms in total. The van der Waals surface area contributed by atoms with E-state index in [1.54, 1.807) is 18.2 Å². The SMILES string of the molecule is ClCc1c(Cl)ncnc1Oc1cc(Cl)ccc1Cl. The van der Waals surface area contributed by atoms with Crippen molar-refractivity contribution in [2.45, 2.75) is 5.88 Å². The summed E-state index contributed by atoms with van der Waals surface area (Å²) in [4.78, 5) is 7.80. The number of ether oxygens (including phenoxy) is 1. The second-order valence-corrected chi connectivity index (χ2v) is 4.73. The predicted molar refractivity (Wildman–Crippen MR) is 73.1 cm³/mol.